The Hall–Kier alpha value is -1.29. The number of benzene rings is 2. The second-order valence-electron chi connectivity index (χ2n) is 4.68. The van der Waals surface area contributed by atoms with Gasteiger partial charge < -0.3 is 9.84 Å². The average molecular weight is 313 g/mol. The van der Waals surface area contributed by atoms with Gasteiger partial charge in [0.1, 0.15) is 17.7 Å². The molecule has 2 nitrogen and oxygen atoms in total. The number of hydrogen-bond acceptors (Lipinski definition) is 2. The van der Waals surface area contributed by atoms with E-state index in [2.05, 4.69) is 0 Å². The van der Waals surface area contributed by atoms with Crippen molar-refractivity contribution in [2.45, 2.75) is 18.6 Å². The summed E-state index contributed by atoms with van der Waals surface area (Å²) in [5.74, 6) is 0.0479. The maximum absolute atomic E-state index is 13.2. The fourth-order valence-electron chi connectivity index (χ4n) is 2.41. The Morgan fingerprint density at radius 1 is 1.15 bits per heavy atom. The Kier molecular flexibility index (Phi) is 3.59. The molecule has 2 atom stereocenters. The van der Waals surface area contributed by atoms with Gasteiger partial charge in [-0.3, -0.25) is 0 Å². The van der Waals surface area contributed by atoms with E-state index in [4.69, 9.17) is 27.9 Å². The average Bonchev–Trinajstić information content (AvgIpc) is 2.39. The molecule has 5 heteroatoms. The van der Waals surface area contributed by atoms with Crippen LogP contribution in [0.25, 0.3) is 0 Å². The molecular weight excluding hydrogens is 302 g/mol. The Morgan fingerprint density at radius 2 is 1.85 bits per heavy atom. The molecule has 0 amide bonds. The highest BCUT2D eigenvalue weighted by Gasteiger charge is 2.30. The van der Waals surface area contributed by atoms with Crippen LogP contribution in [0.3, 0.4) is 0 Å². The molecule has 1 unspecified atom stereocenters. The summed E-state index contributed by atoms with van der Waals surface area (Å²) in [4.78, 5) is 0. The van der Waals surface area contributed by atoms with E-state index >= 15 is 0 Å². The monoisotopic (exact) mass is 312 g/mol. The number of fused-ring (bicyclic) bond motifs is 1. The Bertz CT molecular complexity index is 640. The standard InChI is InChI=1S/C15H11Cl2FO2/c16-10-2-1-3-11(17)15(10)14-7-12(19)9-6-8(18)4-5-13(9)20-14/h1-6,12,14,19H,7H2/t12-,14?/m0/s1. The molecule has 104 valence electrons. The maximum atomic E-state index is 13.2. The molecule has 1 heterocycles. The predicted octanol–water partition coefficient (Wildman–Crippen LogP) is 4.69. The molecule has 0 radical (unpaired) electrons. The van der Waals surface area contributed by atoms with Crippen molar-refractivity contribution >= 4 is 23.2 Å². The summed E-state index contributed by atoms with van der Waals surface area (Å²) in [6.07, 6.45) is -0.990. The van der Waals surface area contributed by atoms with Crippen molar-refractivity contribution in [3.8, 4) is 5.75 Å². The van der Waals surface area contributed by atoms with Crippen LogP contribution >= 0.6 is 23.2 Å². The van der Waals surface area contributed by atoms with Crippen molar-refractivity contribution in [2.75, 3.05) is 0 Å². The van der Waals surface area contributed by atoms with E-state index in [9.17, 15) is 9.50 Å². The van der Waals surface area contributed by atoms with Crippen LogP contribution < -0.4 is 4.74 Å². The highest BCUT2D eigenvalue weighted by atomic mass is 35.5. The van der Waals surface area contributed by atoms with Gasteiger partial charge >= 0.3 is 0 Å². The minimum absolute atomic E-state index is 0.278. The molecule has 0 aliphatic carbocycles. The quantitative estimate of drug-likeness (QED) is 0.827. The van der Waals surface area contributed by atoms with Crippen LogP contribution in [0.15, 0.2) is 36.4 Å². The van der Waals surface area contributed by atoms with Gasteiger partial charge in [-0.1, -0.05) is 29.3 Å². The van der Waals surface area contributed by atoms with Crippen LogP contribution in [0.1, 0.15) is 29.8 Å². The number of hydrogen-bond donors (Lipinski definition) is 1. The van der Waals surface area contributed by atoms with Gasteiger partial charge in [0.15, 0.2) is 0 Å². The van der Waals surface area contributed by atoms with E-state index in [1.165, 1.54) is 18.2 Å². The molecule has 0 bridgehead atoms. The second-order valence-corrected chi connectivity index (χ2v) is 5.49. The third kappa shape index (κ3) is 2.37. The van der Waals surface area contributed by atoms with Crippen LogP contribution in [-0.4, -0.2) is 5.11 Å². The molecule has 20 heavy (non-hydrogen) atoms. The third-order valence-corrected chi connectivity index (χ3v) is 4.02. The molecule has 1 aliphatic rings. The highest BCUT2D eigenvalue weighted by Crippen LogP contribution is 2.44. The summed E-state index contributed by atoms with van der Waals surface area (Å²) in [6.45, 7) is 0. The normalized spacial score (nSPS) is 21.2. The Morgan fingerprint density at radius 3 is 2.55 bits per heavy atom. The fourth-order valence-corrected chi connectivity index (χ4v) is 3.05. The number of rotatable bonds is 1. The van der Waals surface area contributed by atoms with Gasteiger partial charge in [-0.15, -0.1) is 0 Å². The highest BCUT2D eigenvalue weighted by molar-refractivity contribution is 6.36. The molecule has 0 saturated heterocycles. The van der Waals surface area contributed by atoms with Crippen molar-refractivity contribution in [1.82, 2.24) is 0 Å². The molecule has 0 fully saturated rings. The fraction of sp³-hybridized carbons (Fsp3) is 0.200. The van der Waals surface area contributed by atoms with Crippen LogP contribution in [0, 0.1) is 5.82 Å². The van der Waals surface area contributed by atoms with E-state index in [0.717, 1.165) is 0 Å². The third-order valence-electron chi connectivity index (χ3n) is 3.36. The number of aliphatic hydroxyl groups excluding tert-OH is 1. The second kappa shape index (κ2) is 5.24. The van der Waals surface area contributed by atoms with Gasteiger partial charge in [0, 0.05) is 27.6 Å². The summed E-state index contributed by atoms with van der Waals surface area (Å²) >= 11 is 12.3. The first kappa shape index (κ1) is 13.7. The van der Waals surface area contributed by atoms with Gasteiger partial charge in [-0.25, -0.2) is 4.39 Å². The van der Waals surface area contributed by atoms with E-state index in [1.54, 1.807) is 18.2 Å². The zero-order valence-corrected chi connectivity index (χ0v) is 11.8. The van der Waals surface area contributed by atoms with Gasteiger partial charge in [0.25, 0.3) is 0 Å². The number of aliphatic hydroxyl groups is 1. The number of ether oxygens (including phenoxy) is 1. The lowest BCUT2D eigenvalue weighted by Crippen LogP contribution is -2.19. The van der Waals surface area contributed by atoms with Crippen LogP contribution in [0.2, 0.25) is 10.0 Å². The topological polar surface area (TPSA) is 29.5 Å². The lowest BCUT2D eigenvalue weighted by atomic mass is 9.95. The Balaban J connectivity index is 2.01. The van der Waals surface area contributed by atoms with Crippen molar-refractivity contribution in [3.05, 3.63) is 63.4 Å². The first-order valence-electron chi connectivity index (χ1n) is 6.14. The smallest absolute Gasteiger partial charge is 0.129 e. The summed E-state index contributed by atoms with van der Waals surface area (Å²) in [5.41, 5.74) is 1.09. The van der Waals surface area contributed by atoms with Gasteiger partial charge in [-0.2, -0.15) is 0 Å². The van der Waals surface area contributed by atoms with E-state index in [0.29, 0.717) is 26.9 Å². The molecule has 2 aromatic rings. The van der Waals surface area contributed by atoms with Crippen molar-refractivity contribution in [3.63, 3.8) is 0 Å². The van der Waals surface area contributed by atoms with Crippen LogP contribution in [-0.2, 0) is 0 Å². The van der Waals surface area contributed by atoms with E-state index < -0.39 is 18.0 Å². The first-order valence-corrected chi connectivity index (χ1v) is 6.90. The predicted molar refractivity (Wildman–Crippen MR) is 75.8 cm³/mol. The molecular formula is C15H11Cl2FO2. The van der Waals surface area contributed by atoms with E-state index in [-0.39, 0.29) is 6.42 Å². The minimum Gasteiger partial charge on any atom is -0.485 e. The van der Waals surface area contributed by atoms with Crippen molar-refractivity contribution in [1.29, 1.82) is 0 Å². The van der Waals surface area contributed by atoms with Crippen molar-refractivity contribution < 1.29 is 14.2 Å². The summed E-state index contributed by atoms with van der Waals surface area (Å²) in [5, 5.41) is 11.1. The van der Waals surface area contributed by atoms with Gasteiger partial charge in [0.2, 0.25) is 0 Å². The molecule has 1 aliphatic heterocycles. The first-order chi connectivity index (χ1) is 9.56. The van der Waals surface area contributed by atoms with Crippen LogP contribution in [0.5, 0.6) is 5.75 Å². The maximum Gasteiger partial charge on any atom is 0.129 e. The summed E-state index contributed by atoms with van der Waals surface area (Å²) < 4.78 is 19.0. The molecule has 0 saturated carbocycles. The molecule has 1 N–H and O–H groups in total. The van der Waals surface area contributed by atoms with Gasteiger partial charge in [-0.05, 0) is 30.3 Å². The lowest BCUT2D eigenvalue weighted by Gasteiger charge is -2.30. The van der Waals surface area contributed by atoms with Crippen LogP contribution in [0.4, 0.5) is 4.39 Å². The summed E-state index contributed by atoms with van der Waals surface area (Å²) in [7, 11) is 0. The Labute approximate surface area is 125 Å². The van der Waals surface area contributed by atoms with Gasteiger partial charge in [0.05, 0.1) is 6.10 Å². The molecule has 2 aromatic carbocycles. The number of halogens is 3. The molecule has 0 aromatic heterocycles. The zero-order valence-electron chi connectivity index (χ0n) is 10.3. The molecule has 3 rings (SSSR count). The van der Waals surface area contributed by atoms with E-state index in [1.807, 2.05) is 0 Å². The summed E-state index contributed by atoms with van der Waals surface area (Å²) in [6, 6.07) is 9.27. The lowest BCUT2D eigenvalue weighted by molar-refractivity contribution is 0.0654. The minimum atomic E-state index is -0.813. The van der Waals surface area contributed by atoms with Crippen molar-refractivity contribution in [2.24, 2.45) is 0 Å². The molecule has 0 spiro atoms. The zero-order chi connectivity index (χ0) is 14.3. The SMILES string of the molecule is O[C@H]1CC(c2c(Cl)cccc2Cl)Oc2ccc(F)cc21. The largest absolute Gasteiger partial charge is 0.485 e.